The van der Waals surface area contributed by atoms with Crippen molar-refractivity contribution in [2.75, 3.05) is 7.11 Å². The van der Waals surface area contributed by atoms with Gasteiger partial charge in [-0.15, -0.1) is 21.5 Å². The van der Waals surface area contributed by atoms with Gasteiger partial charge in [0.15, 0.2) is 5.82 Å². The summed E-state index contributed by atoms with van der Waals surface area (Å²) in [6, 6.07) is 16.1. The van der Waals surface area contributed by atoms with Crippen molar-refractivity contribution in [1.29, 1.82) is 0 Å². The summed E-state index contributed by atoms with van der Waals surface area (Å²) in [5.41, 5.74) is 6.74. The molecule has 42 heavy (non-hydrogen) atoms. The highest BCUT2D eigenvalue weighted by Crippen LogP contribution is 2.39. The monoisotopic (exact) mass is 584 g/mol. The highest BCUT2D eigenvalue weighted by Gasteiger charge is 2.32. The molecule has 8 nitrogen and oxygen atoms in total. The second-order valence-electron chi connectivity index (χ2n) is 11.5. The van der Waals surface area contributed by atoms with Crippen molar-refractivity contribution in [3.05, 3.63) is 87.3 Å². The third-order valence-corrected chi connectivity index (χ3v) is 8.50. The predicted octanol–water partition coefficient (Wildman–Crippen LogP) is 6.65. The molecule has 0 bridgehead atoms. The average Bonchev–Trinajstić information content (AvgIpc) is 3.43. The van der Waals surface area contributed by atoms with E-state index in [0.717, 1.165) is 49.9 Å². The minimum absolute atomic E-state index is 0.0729. The number of nitrogens with zero attached hydrogens (tertiary/aromatic N) is 4. The minimum Gasteiger partial charge on any atom is -0.469 e. The molecule has 2 aromatic heterocycles. The van der Waals surface area contributed by atoms with Crippen molar-refractivity contribution in [3.63, 3.8) is 0 Å². The molecule has 2 aromatic carbocycles. The Kier molecular flexibility index (Phi) is 8.14. The summed E-state index contributed by atoms with van der Waals surface area (Å²) in [5, 5.41) is 9.76. The van der Waals surface area contributed by atoms with Gasteiger partial charge in [0.25, 0.3) is 0 Å². The summed E-state index contributed by atoms with van der Waals surface area (Å²) < 4.78 is 12.4. The Bertz CT molecular complexity index is 1660. The Morgan fingerprint density at radius 3 is 2.14 bits per heavy atom. The number of rotatable bonds is 7. The molecular weight excluding hydrogens is 548 g/mol. The standard InChI is InChI=1S/C33H36N4O4S/c1-19-20(2)42-32-29(19)30(34-26(18-28(39)40-7)31-36-35-21(3)37(31)32)25-15-13-24(14-16-25)23-11-8-22(9-12-23)10-17-27(38)41-33(4,5)6/h8-9,11-16,26H,10,17-18H2,1-7H3/t26-/m0/s1. The first-order valence-corrected chi connectivity index (χ1v) is 14.9. The fraction of sp³-hybridized carbons (Fsp3) is 0.364. The fourth-order valence-corrected chi connectivity index (χ4v) is 6.30. The number of benzene rings is 2. The van der Waals surface area contributed by atoms with Crippen molar-refractivity contribution >= 4 is 29.0 Å². The Morgan fingerprint density at radius 1 is 0.905 bits per heavy atom. The van der Waals surface area contributed by atoms with Crippen LogP contribution in [-0.2, 0) is 25.5 Å². The van der Waals surface area contributed by atoms with Crippen LogP contribution in [0.1, 0.15) is 78.4 Å². The van der Waals surface area contributed by atoms with Crippen molar-refractivity contribution in [2.45, 2.75) is 72.4 Å². The number of carbonyl (C=O) groups excluding carboxylic acids is 2. The maximum absolute atomic E-state index is 12.4. The number of hydrogen-bond donors (Lipinski definition) is 0. The number of carbonyl (C=O) groups is 2. The summed E-state index contributed by atoms with van der Waals surface area (Å²) in [4.78, 5) is 30.8. The Hall–Kier alpha value is -4.11. The minimum atomic E-state index is -0.527. The molecule has 1 aliphatic rings. The zero-order valence-electron chi connectivity index (χ0n) is 25.1. The molecule has 0 fully saturated rings. The smallest absolute Gasteiger partial charge is 0.308 e. The summed E-state index contributed by atoms with van der Waals surface area (Å²) in [7, 11) is 1.39. The van der Waals surface area contributed by atoms with Crippen molar-refractivity contribution < 1.29 is 19.1 Å². The van der Waals surface area contributed by atoms with Crippen LogP contribution < -0.4 is 0 Å². The largest absolute Gasteiger partial charge is 0.469 e. The molecule has 0 amide bonds. The molecule has 0 aliphatic carbocycles. The SMILES string of the molecule is COC(=O)C[C@@H]1N=C(c2ccc(-c3ccc(CCC(=O)OC(C)(C)C)cc3)cc2)c2c(sc(C)c2C)-n2c(C)nnc21. The third-order valence-electron chi connectivity index (χ3n) is 7.31. The number of aliphatic imine (C=N–C) groups is 1. The topological polar surface area (TPSA) is 95.7 Å². The zero-order chi connectivity index (χ0) is 30.2. The quantitative estimate of drug-likeness (QED) is 0.226. The number of fused-ring (bicyclic) bond motifs is 3. The predicted molar refractivity (Wildman–Crippen MR) is 165 cm³/mol. The Labute approximate surface area is 250 Å². The Balaban J connectivity index is 1.44. The Morgan fingerprint density at radius 2 is 1.52 bits per heavy atom. The number of thiophene rings is 1. The van der Waals surface area contributed by atoms with Crippen LogP contribution in [0.4, 0.5) is 0 Å². The van der Waals surface area contributed by atoms with Gasteiger partial charge in [-0.3, -0.25) is 19.1 Å². The number of hydrogen-bond acceptors (Lipinski definition) is 8. The van der Waals surface area contributed by atoms with Crippen LogP contribution in [0.25, 0.3) is 16.1 Å². The highest BCUT2D eigenvalue weighted by molar-refractivity contribution is 7.15. The molecule has 1 aliphatic heterocycles. The van der Waals surface area contributed by atoms with Gasteiger partial charge in [0, 0.05) is 22.4 Å². The maximum atomic E-state index is 12.4. The van der Waals surface area contributed by atoms with Gasteiger partial charge in [-0.25, -0.2) is 0 Å². The second-order valence-corrected chi connectivity index (χ2v) is 12.7. The van der Waals surface area contributed by atoms with Crippen molar-refractivity contribution in [2.24, 2.45) is 4.99 Å². The second kappa shape index (κ2) is 11.6. The molecular formula is C33H36N4O4S. The molecule has 0 unspecified atom stereocenters. The first kappa shape index (κ1) is 29.4. The van der Waals surface area contributed by atoms with Gasteiger partial charge in [0.1, 0.15) is 22.5 Å². The van der Waals surface area contributed by atoms with Gasteiger partial charge in [0.2, 0.25) is 0 Å². The van der Waals surface area contributed by atoms with Crippen LogP contribution in [0.5, 0.6) is 0 Å². The van der Waals surface area contributed by atoms with Crippen LogP contribution in [0.15, 0.2) is 53.5 Å². The van der Waals surface area contributed by atoms with Gasteiger partial charge in [-0.2, -0.15) is 0 Å². The molecule has 9 heteroatoms. The maximum Gasteiger partial charge on any atom is 0.308 e. The molecule has 0 saturated carbocycles. The molecule has 0 spiro atoms. The number of esters is 2. The molecule has 0 radical (unpaired) electrons. The normalized spacial score (nSPS) is 14.5. The van der Waals surface area contributed by atoms with Crippen molar-refractivity contribution in [1.82, 2.24) is 14.8 Å². The van der Waals surface area contributed by atoms with E-state index >= 15 is 0 Å². The van der Waals surface area contributed by atoms with E-state index in [2.05, 4.69) is 72.6 Å². The molecule has 0 saturated heterocycles. The number of methoxy groups -OCH3 is 1. The molecule has 218 valence electrons. The van der Waals surface area contributed by atoms with E-state index in [0.29, 0.717) is 18.7 Å². The van der Waals surface area contributed by atoms with Crippen LogP contribution in [-0.4, -0.2) is 45.1 Å². The molecule has 4 aromatic rings. The molecule has 1 atom stereocenters. The average molecular weight is 585 g/mol. The van der Waals surface area contributed by atoms with Crippen LogP contribution in [0.3, 0.4) is 0 Å². The van der Waals surface area contributed by atoms with E-state index in [1.165, 1.54) is 12.0 Å². The van der Waals surface area contributed by atoms with Crippen molar-refractivity contribution in [3.8, 4) is 16.1 Å². The number of aryl methyl sites for hydroxylation is 3. The van der Waals surface area contributed by atoms with Gasteiger partial charge in [-0.05, 0) is 70.2 Å². The van der Waals surface area contributed by atoms with E-state index in [4.69, 9.17) is 14.5 Å². The van der Waals surface area contributed by atoms with E-state index in [1.54, 1.807) is 11.3 Å². The van der Waals surface area contributed by atoms with E-state index in [1.807, 2.05) is 32.3 Å². The van der Waals surface area contributed by atoms with Crippen LogP contribution in [0, 0.1) is 20.8 Å². The molecule has 5 rings (SSSR count). The molecule has 0 N–H and O–H groups in total. The van der Waals surface area contributed by atoms with Crippen LogP contribution in [0.2, 0.25) is 0 Å². The number of aromatic nitrogens is 3. The summed E-state index contributed by atoms with van der Waals surface area (Å²) >= 11 is 1.68. The van der Waals surface area contributed by atoms with E-state index in [9.17, 15) is 9.59 Å². The first-order valence-electron chi connectivity index (χ1n) is 14.0. The summed E-state index contributed by atoms with van der Waals surface area (Å²) in [5.74, 6) is 0.854. The summed E-state index contributed by atoms with van der Waals surface area (Å²) in [6.07, 6.45) is 1.06. The van der Waals surface area contributed by atoms with Gasteiger partial charge >= 0.3 is 11.9 Å². The number of ether oxygens (including phenoxy) is 2. The zero-order valence-corrected chi connectivity index (χ0v) is 26.0. The first-order chi connectivity index (χ1) is 19.9. The van der Waals surface area contributed by atoms with Gasteiger partial charge in [0.05, 0.1) is 19.2 Å². The lowest BCUT2D eigenvalue weighted by Gasteiger charge is -2.19. The van der Waals surface area contributed by atoms with E-state index in [-0.39, 0.29) is 18.4 Å². The van der Waals surface area contributed by atoms with Gasteiger partial charge in [-0.1, -0.05) is 48.5 Å². The highest BCUT2D eigenvalue weighted by atomic mass is 32.1. The fourth-order valence-electron chi connectivity index (χ4n) is 5.09. The third kappa shape index (κ3) is 6.06. The molecule has 3 heterocycles. The lowest BCUT2D eigenvalue weighted by atomic mass is 9.96. The lowest BCUT2D eigenvalue weighted by molar-refractivity contribution is -0.154. The van der Waals surface area contributed by atoms with Crippen LogP contribution >= 0.6 is 11.3 Å². The van der Waals surface area contributed by atoms with Gasteiger partial charge < -0.3 is 9.47 Å². The van der Waals surface area contributed by atoms with E-state index < -0.39 is 11.6 Å². The summed E-state index contributed by atoms with van der Waals surface area (Å²) in [6.45, 7) is 11.8. The lowest BCUT2D eigenvalue weighted by Crippen LogP contribution is -2.23.